The minimum Gasteiger partial charge on any atom is -0.307 e. The number of hydrogen-bond acceptors (Lipinski definition) is 0. The number of aromatic nitrogens is 2. The van der Waals surface area contributed by atoms with Crippen molar-refractivity contribution < 1.29 is 4.57 Å². The first-order chi connectivity index (χ1) is 14.3. The summed E-state index contributed by atoms with van der Waals surface area (Å²) in [4.78, 5) is 0. The highest BCUT2D eigenvalue weighted by Crippen LogP contribution is 2.40. The molecule has 3 aromatic heterocycles. The van der Waals surface area contributed by atoms with Gasteiger partial charge in [0.1, 0.15) is 7.05 Å². The van der Waals surface area contributed by atoms with Gasteiger partial charge >= 0.3 is 0 Å². The Bertz CT molecular complexity index is 1610. The minimum atomic E-state index is 0.268. The van der Waals surface area contributed by atoms with E-state index in [0.717, 1.165) is 6.42 Å². The zero-order valence-electron chi connectivity index (χ0n) is 18.4. The molecule has 6 rings (SSSR count). The van der Waals surface area contributed by atoms with Gasteiger partial charge in [-0.15, -0.1) is 0 Å². The van der Waals surface area contributed by atoms with E-state index in [1.165, 1.54) is 60.1 Å². The third-order valence-corrected chi connectivity index (χ3v) is 6.56. The zero-order chi connectivity index (χ0) is 20.8. The van der Waals surface area contributed by atoms with Gasteiger partial charge in [-0.3, -0.25) is 0 Å². The fourth-order valence-electron chi connectivity index (χ4n) is 5.41. The van der Waals surface area contributed by atoms with Gasteiger partial charge in [-0.1, -0.05) is 57.2 Å². The Morgan fingerprint density at radius 3 is 2.47 bits per heavy atom. The van der Waals surface area contributed by atoms with E-state index in [-0.39, 0.29) is 5.41 Å². The molecule has 0 atom stereocenters. The van der Waals surface area contributed by atoms with Gasteiger partial charge in [0.15, 0.2) is 6.20 Å². The van der Waals surface area contributed by atoms with Gasteiger partial charge in [0, 0.05) is 16.8 Å². The number of fused-ring (bicyclic) bond motifs is 5. The Morgan fingerprint density at radius 2 is 1.67 bits per heavy atom. The Kier molecular flexibility index (Phi) is 3.38. The normalized spacial score (nSPS) is 13.0. The van der Waals surface area contributed by atoms with Crippen LogP contribution in [0.4, 0.5) is 0 Å². The van der Waals surface area contributed by atoms with Crippen molar-refractivity contribution in [3.8, 4) is 0 Å². The first-order valence-corrected chi connectivity index (χ1v) is 10.8. The molecule has 0 radical (unpaired) electrons. The predicted octanol–water partition coefficient (Wildman–Crippen LogP) is 6.71. The van der Waals surface area contributed by atoms with Gasteiger partial charge in [-0.05, 0) is 47.4 Å². The molecule has 0 aliphatic heterocycles. The molecule has 6 aromatic rings. The van der Waals surface area contributed by atoms with Crippen LogP contribution in [0.5, 0.6) is 0 Å². The van der Waals surface area contributed by atoms with Gasteiger partial charge in [-0.25, -0.2) is 4.57 Å². The van der Waals surface area contributed by atoms with Crippen LogP contribution in [0.1, 0.15) is 31.9 Å². The topological polar surface area (TPSA) is 8.29 Å². The van der Waals surface area contributed by atoms with E-state index in [2.05, 4.69) is 105 Å². The number of benzene rings is 3. The van der Waals surface area contributed by atoms with Crippen LogP contribution in [0.3, 0.4) is 0 Å². The van der Waals surface area contributed by atoms with Crippen LogP contribution in [0.2, 0.25) is 0 Å². The van der Waals surface area contributed by atoms with Crippen LogP contribution < -0.4 is 4.57 Å². The van der Waals surface area contributed by atoms with Crippen LogP contribution >= 0.6 is 0 Å². The number of aryl methyl sites for hydroxylation is 2. The molecule has 0 spiro atoms. The maximum Gasteiger partial charge on any atom is 0.224 e. The van der Waals surface area contributed by atoms with E-state index in [0.29, 0.717) is 0 Å². The zero-order valence-corrected chi connectivity index (χ0v) is 18.4. The smallest absolute Gasteiger partial charge is 0.224 e. The van der Waals surface area contributed by atoms with Crippen molar-refractivity contribution in [2.24, 2.45) is 12.5 Å². The number of rotatable bonds is 1. The maximum absolute atomic E-state index is 2.52. The summed E-state index contributed by atoms with van der Waals surface area (Å²) in [7, 11) is 2.17. The molecule has 0 fully saturated rings. The summed E-state index contributed by atoms with van der Waals surface area (Å²) in [6, 6.07) is 20.6. The average Bonchev–Trinajstić information content (AvgIpc) is 3.01. The number of hydrogen-bond donors (Lipinski definition) is 0. The van der Waals surface area contributed by atoms with Crippen LogP contribution in [0, 0.1) is 12.3 Å². The second kappa shape index (κ2) is 5.72. The van der Waals surface area contributed by atoms with Crippen molar-refractivity contribution in [3.05, 3.63) is 71.9 Å². The lowest BCUT2D eigenvalue weighted by Crippen LogP contribution is -2.28. The molecule has 0 amide bonds. The van der Waals surface area contributed by atoms with Crippen LogP contribution in [-0.2, 0) is 13.5 Å². The molecule has 2 nitrogen and oxygen atoms in total. The van der Waals surface area contributed by atoms with Crippen molar-refractivity contribution in [2.45, 2.75) is 34.1 Å². The van der Waals surface area contributed by atoms with Crippen molar-refractivity contribution in [1.29, 1.82) is 0 Å². The van der Waals surface area contributed by atoms with Gasteiger partial charge < -0.3 is 4.40 Å². The van der Waals surface area contributed by atoms with E-state index in [4.69, 9.17) is 0 Å². The number of pyridine rings is 2. The van der Waals surface area contributed by atoms with Gasteiger partial charge in [-0.2, -0.15) is 0 Å². The molecule has 0 N–H and O–H groups in total. The minimum absolute atomic E-state index is 0.268. The average molecular weight is 392 g/mol. The van der Waals surface area contributed by atoms with Gasteiger partial charge in [0.25, 0.3) is 0 Å². The summed E-state index contributed by atoms with van der Waals surface area (Å²) in [6.45, 7) is 9.19. The summed E-state index contributed by atoms with van der Waals surface area (Å²) < 4.78 is 4.81. The van der Waals surface area contributed by atoms with Crippen molar-refractivity contribution >= 4 is 49.0 Å². The Labute approximate surface area is 176 Å². The first-order valence-electron chi connectivity index (χ1n) is 10.8. The summed E-state index contributed by atoms with van der Waals surface area (Å²) >= 11 is 0. The Morgan fingerprint density at radius 1 is 0.867 bits per heavy atom. The molecule has 30 heavy (non-hydrogen) atoms. The Hall–Kier alpha value is -3.13. The quantitative estimate of drug-likeness (QED) is 0.167. The lowest BCUT2D eigenvalue weighted by Gasteiger charge is -2.18. The maximum atomic E-state index is 2.52. The fraction of sp³-hybridized carbons (Fsp3) is 0.250. The third kappa shape index (κ3) is 2.28. The lowest BCUT2D eigenvalue weighted by atomic mass is 9.88. The molecule has 3 aromatic carbocycles. The standard InChI is InChI=1S/C28H27N2/c1-17-9-11-21-20-12-10-18(16-28(2,3)4)15-23(20)30-22-8-6-7-19-13-14-29(5)27(25(19)22)24(17)26(21)30/h6-15H,16H2,1-5H3/q+1. The third-order valence-electron chi connectivity index (χ3n) is 6.56. The monoisotopic (exact) mass is 391 g/mol. The van der Waals surface area contributed by atoms with E-state index in [9.17, 15) is 0 Å². The van der Waals surface area contributed by atoms with E-state index >= 15 is 0 Å². The second-order valence-corrected chi connectivity index (χ2v) is 10.1. The second-order valence-electron chi connectivity index (χ2n) is 10.1. The summed E-state index contributed by atoms with van der Waals surface area (Å²) in [5.74, 6) is 0. The van der Waals surface area contributed by atoms with E-state index in [1.807, 2.05) is 0 Å². The molecule has 0 aliphatic carbocycles. The molecule has 2 heteroatoms. The summed E-state index contributed by atoms with van der Waals surface area (Å²) in [6.07, 6.45) is 3.27. The molecule has 148 valence electrons. The molecule has 0 aliphatic rings. The lowest BCUT2D eigenvalue weighted by molar-refractivity contribution is -0.643. The molecule has 0 saturated heterocycles. The van der Waals surface area contributed by atoms with Gasteiger partial charge in [0.05, 0.1) is 27.3 Å². The first kappa shape index (κ1) is 17.7. The van der Waals surface area contributed by atoms with Gasteiger partial charge in [0.2, 0.25) is 5.52 Å². The highest BCUT2D eigenvalue weighted by atomic mass is 14.9. The SMILES string of the molecule is Cc1ccc2c3ccc(CC(C)(C)C)cc3n3c4cccc5cc[n+](C)c(c1c23)c54. The van der Waals surface area contributed by atoms with Crippen LogP contribution in [0.15, 0.2) is 60.8 Å². The van der Waals surface area contributed by atoms with Crippen molar-refractivity contribution in [3.63, 3.8) is 0 Å². The molecular formula is C28H27N2+. The number of nitrogens with zero attached hydrogens (tertiary/aromatic N) is 2. The molecule has 0 saturated carbocycles. The summed E-state index contributed by atoms with van der Waals surface area (Å²) in [5, 5.41) is 6.71. The van der Waals surface area contributed by atoms with Crippen molar-refractivity contribution in [1.82, 2.24) is 4.40 Å². The largest absolute Gasteiger partial charge is 0.307 e. The van der Waals surface area contributed by atoms with E-state index in [1.54, 1.807) is 0 Å². The molecule has 3 heterocycles. The summed E-state index contributed by atoms with van der Waals surface area (Å²) in [5.41, 5.74) is 8.30. The van der Waals surface area contributed by atoms with E-state index < -0.39 is 0 Å². The molecular weight excluding hydrogens is 364 g/mol. The van der Waals surface area contributed by atoms with Crippen LogP contribution in [-0.4, -0.2) is 4.40 Å². The highest BCUT2D eigenvalue weighted by Gasteiger charge is 2.23. The fourth-order valence-corrected chi connectivity index (χ4v) is 5.41. The Balaban J connectivity index is 1.93. The highest BCUT2D eigenvalue weighted by molar-refractivity contribution is 6.25. The predicted molar refractivity (Wildman–Crippen MR) is 128 cm³/mol. The van der Waals surface area contributed by atoms with Crippen LogP contribution in [0.25, 0.3) is 49.0 Å². The molecule has 0 bridgehead atoms. The molecule has 0 unspecified atom stereocenters. The van der Waals surface area contributed by atoms with Crippen molar-refractivity contribution in [2.75, 3.05) is 0 Å².